The van der Waals surface area contributed by atoms with Crippen molar-refractivity contribution in [2.24, 2.45) is 0 Å². The van der Waals surface area contributed by atoms with Crippen LogP contribution in [0.4, 0.5) is 34.1 Å². The van der Waals surface area contributed by atoms with Crippen LogP contribution in [0.3, 0.4) is 0 Å². The molecule has 24 rings (SSSR count). The molecule has 0 saturated heterocycles. The molecule has 0 fully saturated rings. The lowest BCUT2D eigenvalue weighted by Gasteiger charge is -2.34. The fourth-order valence-electron chi connectivity index (χ4n) is 22.5. The second-order valence-corrected chi connectivity index (χ2v) is 34.5. The number of fused-ring (bicyclic) bond motifs is 19. The van der Waals surface area contributed by atoms with Gasteiger partial charge in [0.05, 0.1) is 10.8 Å². The number of hydrogen-bond acceptors (Lipinski definition) is 2. The summed E-state index contributed by atoms with van der Waals surface area (Å²) in [6.07, 6.45) is 0. The highest BCUT2D eigenvalue weighted by atomic mass is 15.1. The van der Waals surface area contributed by atoms with Gasteiger partial charge in [-0.3, -0.25) is 0 Å². The highest BCUT2D eigenvalue weighted by molar-refractivity contribution is 6.23. The zero-order chi connectivity index (χ0) is 79.7. The van der Waals surface area contributed by atoms with Crippen LogP contribution in [0.25, 0.3) is 121 Å². The van der Waals surface area contributed by atoms with Gasteiger partial charge >= 0.3 is 0 Å². The normalized spacial score (nSPS) is 14.3. The molecule has 0 bridgehead atoms. The molecule has 0 saturated carbocycles. The predicted molar refractivity (Wildman–Crippen MR) is 504 cm³/mol. The van der Waals surface area contributed by atoms with Crippen LogP contribution in [0.2, 0.25) is 0 Å². The van der Waals surface area contributed by atoms with Gasteiger partial charge in [0.25, 0.3) is 0 Å². The lowest BCUT2D eigenvalue weighted by atomic mass is 9.67. The Morgan fingerprint density at radius 2 is 0.483 bits per heavy atom. The SMILES string of the molecule is CC1(C)c2cc(N(c3ccccc3)c3ccc4c(-c5ccc6c(c5)C(c5ccccc5)(c5ccccc5)c5ccccc5-6)c5cc(N(c6ccc7c(c6)C(C)(C)c6c-7ccc7ccccc67)c6ccc7ccccc7c6)ccc5c(-c5ccc6c(c5)C(c5ccccc5)(c5ccccc5)c5ccccc5-6)c4c3)ccc2-c2ccc3ccccc3c21. The van der Waals surface area contributed by atoms with E-state index < -0.39 is 10.8 Å². The smallest absolute Gasteiger partial charge is 0.0713 e. The minimum atomic E-state index is -0.671. The van der Waals surface area contributed by atoms with Gasteiger partial charge in [0, 0.05) is 45.0 Å². The van der Waals surface area contributed by atoms with Gasteiger partial charge in [0.2, 0.25) is 0 Å². The molecular formula is C118H82N2. The van der Waals surface area contributed by atoms with E-state index in [-0.39, 0.29) is 10.8 Å². The first kappa shape index (κ1) is 69.6. The van der Waals surface area contributed by atoms with Crippen molar-refractivity contribution in [1.29, 1.82) is 0 Å². The molecule has 0 radical (unpaired) electrons. The lowest BCUT2D eigenvalue weighted by Crippen LogP contribution is -2.28. The molecule has 20 aromatic carbocycles. The molecule has 0 atom stereocenters. The van der Waals surface area contributed by atoms with Gasteiger partial charge < -0.3 is 9.80 Å². The second kappa shape index (κ2) is 26.4. The van der Waals surface area contributed by atoms with Gasteiger partial charge in [-0.25, -0.2) is 0 Å². The van der Waals surface area contributed by atoms with Crippen LogP contribution in [0.5, 0.6) is 0 Å². The van der Waals surface area contributed by atoms with Crippen LogP contribution >= 0.6 is 0 Å². The summed E-state index contributed by atoms with van der Waals surface area (Å²) in [5.41, 5.74) is 34.6. The van der Waals surface area contributed by atoms with Crippen LogP contribution in [-0.4, -0.2) is 0 Å². The van der Waals surface area contributed by atoms with Crippen molar-refractivity contribution < 1.29 is 0 Å². The molecule has 0 spiro atoms. The minimum absolute atomic E-state index is 0.299. The van der Waals surface area contributed by atoms with Crippen LogP contribution in [0.1, 0.15) is 94.5 Å². The molecule has 0 aromatic heterocycles. The summed E-state index contributed by atoms with van der Waals surface area (Å²) < 4.78 is 0. The largest absolute Gasteiger partial charge is 0.310 e. The summed E-state index contributed by atoms with van der Waals surface area (Å²) in [5, 5.41) is 12.1. The highest BCUT2D eigenvalue weighted by Crippen LogP contribution is 2.62. The number of rotatable bonds is 12. The van der Waals surface area contributed by atoms with E-state index in [9.17, 15) is 0 Å². The van der Waals surface area contributed by atoms with E-state index in [0.29, 0.717) is 0 Å². The van der Waals surface area contributed by atoms with Gasteiger partial charge in [-0.1, -0.05) is 367 Å². The molecule has 564 valence electrons. The molecule has 20 aromatic rings. The standard InChI is InChI=1S/C118H82N2/c1-115(2)107-73-89(56-64-97(107)101-62-51-76-31-22-24-44-91(76)113(101)115)119(85-42-18-9-19-43-85)87-58-66-99-103(71-87)111(79-53-60-95-93-46-26-28-48-105(93)117(109(95)69-79,81-34-10-5-11-35-81)82-36-12-6-13-37-82)100-67-59-88(72-104(100)112(99)80-54-61-96-94-47-27-29-49-106(94)118(110(96)70-80,83-38-14-7-15-39-83)84-40-16-8-17-41-84)120(86-55-50-75-30-20-21-33-78(75)68-86)90-57-65-98-102-63-52-77-32-23-25-45-92(77)114(102)116(3,4)108(98)74-90/h5-74H,1-4H3. The van der Waals surface area contributed by atoms with Crippen LogP contribution < -0.4 is 9.80 Å². The third-order valence-electron chi connectivity index (χ3n) is 27.7. The molecule has 2 nitrogen and oxygen atoms in total. The fourth-order valence-corrected chi connectivity index (χ4v) is 22.5. The number of para-hydroxylation sites is 1. The van der Waals surface area contributed by atoms with Gasteiger partial charge in [0.1, 0.15) is 0 Å². The zero-order valence-corrected chi connectivity index (χ0v) is 67.3. The third-order valence-corrected chi connectivity index (χ3v) is 27.7. The quantitative estimate of drug-likeness (QED) is 0.113. The van der Waals surface area contributed by atoms with Gasteiger partial charge in [0.15, 0.2) is 0 Å². The molecule has 0 N–H and O–H groups in total. The Hall–Kier alpha value is -14.7. The summed E-state index contributed by atoms with van der Waals surface area (Å²) in [6.45, 7) is 9.72. The molecule has 120 heavy (non-hydrogen) atoms. The molecular weight excluding hydrogens is 1450 g/mol. The topological polar surface area (TPSA) is 6.48 Å². The Balaban J connectivity index is 0.822. The van der Waals surface area contributed by atoms with Crippen molar-refractivity contribution in [1.82, 2.24) is 0 Å². The predicted octanol–water partition coefficient (Wildman–Crippen LogP) is 31.1. The number of benzene rings is 20. The average Bonchev–Trinajstić information content (AvgIpc) is 1.48. The van der Waals surface area contributed by atoms with Crippen LogP contribution in [0, 0.1) is 0 Å². The Kier molecular flexibility index (Phi) is 15.3. The maximum absolute atomic E-state index is 2.60. The fraction of sp³-hybridized carbons (Fsp3) is 0.0678. The maximum atomic E-state index is 2.60. The molecule has 0 heterocycles. The Morgan fingerprint density at radius 1 is 0.175 bits per heavy atom. The second-order valence-electron chi connectivity index (χ2n) is 34.5. The van der Waals surface area contributed by atoms with Crippen molar-refractivity contribution in [3.05, 3.63) is 491 Å². The van der Waals surface area contributed by atoms with Gasteiger partial charge in [-0.05, 0) is 272 Å². The van der Waals surface area contributed by atoms with E-state index in [1.165, 1.54) is 144 Å². The van der Waals surface area contributed by atoms with E-state index in [1.54, 1.807) is 0 Å². The van der Waals surface area contributed by atoms with E-state index in [2.05, 4.69) is 462 Å². The first-order valence-electron chi connectivity index (χ1n) is 42.3. The monoisotopic (exact) mass is 1530 g/mol. The van der Waals surface area contributed by atoms with E-state index >= 15 is 0 Å². The van der Waals surface area contributed by atoms with Gasteiger partial charge in [-0.15, -0.1) is 0 Å². The number of hydrogen-bond donors (Lipinski definition) is 0. The van der Waals surface area contributed by atoms with E-state index in [4.69, 9.17) is 0 Å². The molecule has 0 unspecified atom stereocenters. The van der Waals surface area contributed by atoms with Crippen molar-refractivity contribution >= 4 is 88.0 Å². The van der Waals surface area contributed by atoms with Crippen LogP contribution in [-0.2, 0) is 21.7 Å². The number of anilines is 6. The third kappa shape index (κ3) is 9.97. The van der Waals surface area contributed by atoms with Gasteiger partial charge in [-0.2, -0.15) is 0 Å². The summed E-state index contributed by atoms with van der Waals surface area (Å²) in [4.78, 5) is 5.07. The lowest BCUT2D eigenvalue weighted by molar-refractivity contribution is 0.666. The molecule has 4 aliphatic rings. The molecule has 0 aliphatic heterocycles. The molecule has 0 amide bonds. The number of nitrogens with zero attached hydrogens (tertiary/aromatic N) is 2. The van der Waals surface area contributed by atoms with E-state index in [0.717, 1.165) is 77.9 Å². The minimum Gasteiger partial charge on any atom is -0.310 e. The first-order valence-corrected chi connectivity index (χ1v) is 42.3. The van der Waals surface area contributed by atoms with Crippen molar-refractivity contribution in [2.75, 3.05) is 9.80 Å². The molecule has 2 heteroatoms. The summed E-state index contributed by atoms with van der Waals surface area (Å²) >= 11 is 0. The van der Waals surface area contributed by atoms with Crippen LogP contribution in [0.15, 0.2) is 425 Å². The maximum Gasteiger partial charge on any atom is 0.0713 e. The highest BCUT2D eigenvalue weighted by Gasteiger charge is 2.49. The van der Waals surface area contributed by atoms with Crippen molar-refractivity contribution in [3.8, 4) is 66.8 Å². The average molecular weight is 1530 g/mol. The Labute approximate surface area is 700 Å². The Bertz CT molecular complexity index is 7570. The zero-order valence-electron chi connectivity index (χ0n) is 67.3. The van der Waals surface area contributed by atoms with E-state index in [1.807, 2.05) is 0 Å². The summed E-state index contributed by atoms with van der Waals surface area (Å²) in [5.74, 6) is 0. The first-order chi connectivity index (χ1) is 59.0. The van der Waals surface area contributed by atoms with Crippen molar-refractivity contribution in [3.63, 3.8) is 0 Å². The summed E-state index contributed by atoms with van der Waals surface area (Å²) in [6, 6.07) is 162. The Morgan fingerprint density at radius 3 is 0.933 bits per heavy atom. The van der Waals surface area contributed by atoms with Crippen molar-refractivity contribution in [2.45, 2.75) is 49.4 Å². The summed E-state index contributed by atoms with van der Waals surface area (Å²) in [7, 11) is 0. The molecule has 4 aliphatic carbocycles.